The Morgan fingerprint density at radius 1 is 1.16 bits per heavy atom. The molecule has 0 saturated heterocycles. The number of nitrogens with zero attached hydrogens (tertiary/aromatic N) is 1. The number of sulfonamides is 1. The Morgan fingerprint density at radius 3 is 2.56 bits per heavy atom. The van der Waals surface area contributed by atoms with Gasteiger partial charge in [-0.05, 0) is 61.2 Å². The maximum atomic E-state index is 12.3. The van der Waals surface area contributed by atoms with Gasteiger partial charge >= 0.3 is 0 Å². The third-order valence-corrected chi connectivity index (χ3v) is 7.15. The number of carbonyl (C=O) groups is 2. The molecule has 32 heavy (non-hydrogen) atoms. The molecule has 3 rings (SSSR count). The highest BCUT2D eigenvalue weighted by molar-refractivity contribution is 7.89. The van der Waals surface area contributed by atoms with Crippen LogP contribution in [0.15, 0.2) is 47.4 Å². The van der Waals surface area contributed by atoms with Crippen molar-refractivity contribution in [2.24, 2.45) is 0 Å². The van der Waals surface area contributed by atoms with E-state index in [1.165, 1.54) is 14.1 Å². The molecule has 1 aliphatic rings. The zero-order chi connectivity index (χ0) is 23.3. The molecule has 172 valence electrons. The van der Waals surface area contributed by atoms with E-state index in [0.29, 0.717) is 32.3 Å². The van der Waals surface area contributed by atoms with Crippen molar-refractivity contribution in [2.45, 2.75) is 43.5 Å². The zero-order valence-electron chi connectivity index (χ0n) is 18.6. The van der Waals surface area contributed by atoms with Crippen molar-refractivity contribution in [1.82, 2.24) is 9.62 Å². The Hall–Kier alpha value is -2.91. The summed E-state index contributed by atoms with van der Waals surface area (Å²) < 4.78 is 31.2. The lowest BCUT2D eigenvalue weighted by atomic mass is 10.0. The van der Waals surface area contributed by atoms with E-state index in [0.717, 1.165) is 26.9 Å². The molecular formula is C23H29N3O5S. The third-order valence-electron chi connectivity index (χ3n) is 5.33. The number of carbonyl (C=O) groups excluding carboxylic acids is 2. The minimum Gasteiger partial charge on any atom is -0.494 e. The monoisotopic (exact) mass is 459 g/mol. The van der Waals surface area contributed by atoms with E-state index in [1.54, 1.807) is 24.3 Å². The van der Waals surface area contributed by atoms with Crippen LogP contribution < -0.4 is 15.4 Å². The zero-order valence-corrected chi connectivity index (χ0v) is 19.4. The molecule has 0 saturated carbocycles. The second-order valence-corrected chi connectivity index (χ2v) is 10.1. The molecule has 1 aliphatic heterocycles. The average molecular weight is 460 g/mol. The summed E-state index contributed by atoms with van der Waals surface area (Å²) >= 11 is 0. The summed E-state index contributed by atoms with van der Waals surface area (Å²) in [6, 6.07) is 11.9. The minimum atomic E-state index is -3.47. The van der Waals surface area contributed by atoms with Crippen LogP contribution in [0.5, 0.6) is 5.75 Å². The van der Waals surface area contributed by atoms with Crippen LogP contribution in [0.25, 0.3) is 0 Å². The molecule has 2 amide bonds. The third kappa shape index (κ3) is 5.86. The van der Waals surface area contributed by atoms with Gasteiger partial charge in [0, 0.05) is 32.6 Å². The molecule has 0 spiro atoms. The summed E-state index contributed by atoms with van der Waals surface area (Å²) in [6.45, 7) is 2.26. The van der Waals surface area contributed by atoms with E-state index in [9.17, 15) is 18.0 Å². The van der Waals surface area contributed by atoms with Crippen LogP contribution in [-0.2, 0) is 26.0 Å². The standard InChI is InChI=1S/C23H29N3O5S/c1-16(17-6-10-20(11-7-17)32(29,30)26(2)3)24-22(27)5-4-14-31-19-9-12-21-18(15-19)8-13-23(28)25-21/h6-7,9-12,15-16H,4-5,8,13-14H2,1-3H3,(H,24,27)(H,25,28). The fourth-order valence-corrected chi connectivity index (χ4v) is 4.31. The van der Waals surface area contributed by atoms with E-state index in [-0.39, 0.29) is 22.8 Å². The Balaban J connectivity index is 1.43. The molecular weight excluding hydrogens is 430 g/mol. The number of amides is 2. The van der Waals surface area contributed by atoms with Gasteiger partial charge in [-0.25, -0.2) is 12.7 Å². The highest BCUT2D eigenvalue weighted by Gasteiger charge is 2.18. The molecule has 0 radical (unpaired) electrons. The molecule has 1 unspecified atom stereocenters. The van der Waals surface area contributed by atoms with Gasteiger partial charge in [0.15, 0.2) is 0 Å². The van der Waals surface area contributed by atoms with Crippen LogP contribution in [0.2, 0.25) is 0 Å². The van der Waals surface area contributed by atoms with E-state index in [2.05, 4.69) is 10.6 Å². The molecule has 1 atom stereocenters. The average Bonchev–Trinajstić information content (AvgIpc) is 2.76. The number of benzene rings is 2. The maximum Gasteiger partial charge on any atom is 0.242 e. The smallest absolute Gasteiger partial charge is 0.242 e. The SMILES string of the molecule is CC(NC(=O)CCCOc1ccc2c(c1)CCC(=O)N2)c1ccc(S(=O)(=O)N(C)C)cc1. The van der Waals surface area contributed by atoms with Crippen molar-refractivity contribution in [2.75, 3.05) is 26.0 Å². The predicted octanol–water partition coefficient (Wildman–Crippen LogP) is 2.86. The van der Waals surface area contributed by atoms with Gasteiger partial charge in [-0.3, -0.25) is 9.59 Å². The Bertz CT molecular complexity index is 1080. The maximum absolute atomic E-state index is 12.3. The van der Waals surface area contributed by atoms with E-state index in [1.807, 2.05) is 25.1 Å². The van der Waals surface area contributed by atoms with E-state index in [4.69, 9.17) is 4.74 Å². The van der Waals surface area contributed by atoms with Crippen LogP contribution in [0.1, 0.15) is 43.4 Å². The molecule has 2 aromatic carbocycles. The van der Waals surface area contributed by atoms with Crippen LogP contribution in [0.4, 0.5) is 5.69 Å². The number of ether oxygens (including phenoxy) is 1. The first-order valence-electron chi connectivity index (χ1n) is 10.5. The fourth-order valence-electron chi connectivity index (χ4n) is 3.41. The highest BCUT2D eigenvalue weighted by Crippen LogP contribution is 2.27. The van der Waals surface area contributed by atoms with Gasteiger partial charge in [0.2, 0.25) is 21.8 Å². The van der Waals surface area contributed by atoms with Gasteiger partial charge in [0.05, 0.1) is 17.5 Å². The molecule has 9 heteroatoms. The number of fused-ring (bicyclic) bond motifs is 1. The summed E-state index contributed by atoms with van der Waals surface area (Å²) in [5.41, 5.74) is 2.71. The van der Waals surface area contributed by atoms with E-state index < -0.39 is 10.0 Å². The lowest BCUT2D eigenvalue weighted by Crippen LogP contribution is -2.27. The molecule has 2 N–H and O–H groups in total. The molecule has 1 heterocycles. The van der Waals surface area contributed by atoms with Gasteiger partial charge in [-0.15, -0.1) is 0 Å². The van der Waals surface area contributed by atoms with Crippen molar-refractivity contribution in [3.05, 3.63) is 53.6 Å². The van der Waals surface area contributed by atoms with Crippen molar-refractivity contribution in [3.63, 3.8) is 0 Å². The fraction of sp³-hybridized carbons (Fsp3) is 0.391. The summed E-state index contributed by atoms with van der Waals surface area (Å²) in [5.74, 6) is 0.654. The second-order valence-electron chi connectivity index (χ2n) is 7.96. The Labute approximate surface area is 189 Å². The second kappa shape index (κ2) is 10.1. The van der Waals surface area contributed by atoms with E-state index >= 15 is 0 Å². The van der Waals surface area contributed by atoms with Crippen molar-refractivity contribution < 1.29 is 22.7 Å². The molecule has 8 nitrogen and oxygen atoms in total. The van der Waals surface area contributed by atoms with Crippen LogP contribution in [0, 0.1) is 0 Å². The highest BCUT2D eigenvalue weighted by atomic mass is 32.2. The summed E-state index contributed by atoms with van der Waals surface area (Å²) in [5, 5.41) is 5.76. The van der Waals surface area contributed by atoms with Crippen molar-refractivity contribution >= 4 is 27.5 Å². The number of hydrogen-bond acceptors (Lipinski definition) is 5. The molecule has 0 fully saturated rings. The number of aryl methyl sites for hydroxylation is 1. The van der Waals surface area contributed by atoms with Gasteiger partial charge in [0.25, 0.3) is 0 Å². The Kier molecular flexibility index (Phi) is 7.52. The van der Waals surface area contributed by atoms with Crippen molar-refractivity contribution in [3.8, 4) is 5.75 Å². The first-order chi connectivity index (χ1) is 15.2. The van der Waals surface area contributed by atoms with Crippen LogP contribution in [0.3, 0.4) is 0 Å². The number of anilines is 1. The van der Waals surface area contributed by atoms with Gasteiger partial charge in [0.1, 0.15) is 5.75 Å². The minimum absolute atomic E-state index is 0.0287. The first kappa shape index (κ1) is 23.7. The molecule has 0 aliphatic carbocycles. The van der Waals surface area contributed by atoms with Gasteiger partial charge in [-0.1, -0.05) is 12.1 Å². The summed E-state index contributed by atoms with van der Waals surface area (Å²) in [6.07, 6.45) is 2.05. The largest absolute Gasteiger partial charge is 0.494 e. The molecule has 2 aromatic rings. The van der Waals surface area contributed by atoms with Gasteiger partial charge in [-0.2, -0.15) is 0 Å². The van der Waals surface area contributed by atoms with Crippen molar-refractivity contribution in [1.29, 1.82) is 0 Å². The lowest BCUT2D eigenvalue weighted by Gasteiger charge is -2.18. The lowest BCUT2D eigenvalue weighted by molar-refractivity contribution is -0.122. The number of rotatable bonds is 9. The quantitative estimate of drug-likeness (QED) is 0.561. The number of hydrogen-bond donors (Lipinski definition) is 2. The van der Waals surface area contributed by atoms with Crippen LogP contribution >= 0.6 is 0 Å². The first-order valence-corrected chi connectivity index (χ1v) is 12.0. The topological polar surface area (TPSA) is 105 Å². The number of nitrogens with one attached hydrogen (secondary N) is 2. The normalized spacial score (nSPS) is 14.4. The summed E-state index contributed by atoms with van der Waals surface area (Å²) in [4.78, 5) is 23.9. The molecule has 0 aromatic heterocycles. The van der Waals surface area contributed by atoms with Crippen LogP contribution in [-0.4, -0.2) is 45.2 Å². The predicted molar refractivity (Wildman–Crippen MR) is 122 cm³/mol. The van der Waals surface area contributed by atoms with Gasteiger partial charge < -0.3 is 15.4 Å². The molecule has 0 bridgehead atoms. The summed E-state index contributed by atoms with van der Waals surface area (Å²) in [7, 11) is -0.501. The Morgan fingerprint density at radius 2 is 1.88 bits per heavy atom.